The average molecular weight is 402 g/mol. The van der Waals surface area contributed by atoms with Crippen molar-refractivity contribution in [2.45, 2.75) is 76.0 Å². The van der Waals surface area contributed by atoms with Gasteiger partial charge in [0.05, 0.1) is 22.0 Å². The zero-order chi connectivity index (χ0) is 20.4. The molecule has 0 bridgehead atoms. The van der Waals surface area contributed by atoms with E-state index in [9.17, 15) is 10.0 Å². The van der Waals surface area contributed by atoms with Gasteiger partial charge in [-0.05, 0) is 44.2 Å². The van der Waals surface area contributed by atoms with Crippen LogP contribution in [-0.4, -0.2) is 37.1 Å². The molecule has 0 fully saturated rings. The van der Waals surface area contributed by atoms with Crippen molar-refractivity contribution >= 4 is 22.7 Å². The lowest BCUT2D eigenvalue weighted by molar-refractivity contribution is -0.238. The van der Waals surface area contributed by atoms with Crippen LogP contribution in [0.3, 0.4) is 0 Å². The first kappa shape index (κ1) is 21.1. The van der Waals surface area contributed by atoms with Crippen LogP contribution in [0.15, 0.2) is 45.9 Å². The molecule has 0 saturated heterocycles. The molecule has 152 valence electrons. The number of thioether (sulfide) groups is 1. The Labute approximate surface area is 171 Å². The fourth-order valence-corrected chi connectivity index (χ4v) is 5.24. The maximum atomic E-state index is 12.3. The number of hydrogen-bond donors (Lipinski definition) is 2. The van der Waals surface area contributed by atoms with Crippen LogP contribution in [0.1, 0.15) is 59.8 Å². The monoisotopic (exact) mass is 401 g/mol. The third-order valence-electron chi connectivity index (χ3n) is 6.43. The number of H-pyrrole nitrogens is 1. The molecule has 28 heavy (non-hydrogen) atoms. The minimum atomic E-state index is -0.329. The van der Waals surface area contributed by atoms with E-state index in [1.807, 2.05) is 18.2 Å². The van der Waals surface area contributed by atoms with Crippen LogP contribution in [0.25, 0.3) is 10.9 Å². The molecule has 2 N–H and O–H groups in total. The van der Waals surface area contributed by atoms with Crippen molar-refractivity contribution < 1.29 is 5.21 Å². The Morgan fingerprint density at radius 1 is 1.14 bits per heavy atom. The molecule has 0 atom stereocenters. The summed E-state index contributed by atoms with van der Waals surface area (Å²) in [6.45, 7) is 8.58. The number of hydrogen-bond acceptors (Lipinski definition) is 5. The summed E-state index contributed by atoms with van der Waals surface area (Å²) >= 11 is 1.57. The molecule has 1 aromatic carbocycles. The number of rotatable bonds is 7. The Hall–Kier alpha value is -1.63. The molecule has 3 rings (SSSR count). The minimum Gasteiger partial charge on any atom is -0.313 e. The lowest BCUT2D eigenvalue weighted by Crippen LogP contribution is -2.60. The fraction of sp³-hybridized carbons (Fsp3) is 0.545. The molecule has 0 spiro atoms. The van der Waals surface area contributed by atoms with E-state index in [0.717, 1.165) is 43.4 Å². The van der Waals surface area contributed by atoms with Gasteiger partial charge in [-0.1, -0.05) is 63.2 Å². The Morgan fingerprint density at radius 3 is 2.46 bits per heavy atom. The Morgan fingerprint density at radius 2 is 1.82 bits per heavy atom. The van der Waals surface area contributed by atoms with Gasteiger partial charge in [-0.3, -0.25) is 4.79 Å². The average Bonchev–Trinajstić information content (AvgIpc) is 2.73. The lowest BCUT2D eigenvalue weighted by Gasteiger charge is -2.53. The highest BCUT2D eigenvalue weighted by molar-refractivity contribution is 7.99. The second kappa shape index (κ2) is 8.39. The first-order valence-corrected chi connectivity index (χ1v) is 11.2. The predicted octanol–water partition coefficient (Wildman–Crippen LogP) is 5.15. The molecule has 0 aliphatic carbocycles. The van der Waals surface area contributed by atoms with E-state index >= 15 is 0 Å². The third kappa shape index (κ3) is 3.65. The summed E-state index contributed by atoms with van der Waals surface area (Å²) in [6, 6.07) is 7.42. The van der Waals surface area contributed by atoms with Crippen molar-refractivity contribution in [3.63, 3.8) is 0 Å². The van der Waals surface area contributed by atoms with Crippen LogP contribution in [0.5, 0.6) is 0 Å². The van der Waals surface area contributed by atoms with E-state index in [1.54, 1.807) is 22.9 Å². The number of fused-ring (bicyclic) bond motifs is 1. The van der Waals surface area contributed by atoms with Gasteiger partial charge in [-0.25, -0.2) is 4.98 Å². The van der Waals surface area contributed by atoms with Crippen LogP contribution in [0.4, 0.5) is 0 Å². The van der Waals surface area contributed by atoms with Gasteiger partial charge in [0.15, 0.2) is 5.16 Å². The van der Waals surface area contributed by atoms with E-state index in [1.165, 1.54) is 5.57 Å². The Bertz CT molecular complexity index is 913. The third-order valence-corrected chi connectivity index (χ3v) is 7.41. The van der Waals surface area contributed by atoms with E-state index < -0.39 is 0 Å². The summed E-state index contributed by atoms with van der Waals surface area (Å²) in [7, 11) is 0. The van der Waals surface area contributed by atoms with Crippen molar-refractivity contribution in [3.8, 4) is 0 Å². The number of aromatic amines is 1. The highest BCUT2D eigenvalue weighted by atomic mass is 32.2. The summed E-state index contributed by atoms with van der Waals surface area (Å²) in [6.07, 6.45) is 6.61. The molecule has 1 aliphatic heterocycles. The summed E-state index contributed by atoms with van der Waals surface area (Å²) in [5.41, 5.74) is 1.38. The maximum Gasteiger partial charge on any atom is 0.259 e. The summed E-state index contributed by atoms with van der Waals surface area (Å²) in [5.74, 6) is 0.763. The van der Waals surface area contributed by atoms with Gasteiger partial charge in [0, 0.05) is 5.75 Å². The number of para-hydroxylation sites is 1. The number of benzene rings is 1. The van der Waals surface area contributed by atoms with Crippen LogP contribution in [0, 0.1) is 0 Å². The largest absolute Gasteiger partial charge is 0.313 e. The van der Waals surface area contributed by atoms with Crippen molar-refractivity contribution in [1.29, 1.82) is 0 Å². The maximum absolute atomic E-state index is 12.3. The van der Waals surface area contributed by atoms with E-state index in [-0.39, 0.29) is 16.6 Å². The number of nitrogens with zero attached hydrogens (tertiary/aromatic N) is 2. The molecule has 2 aromatic rings. The minimum absolute atomic E-state index is 0.0971. The van der Waals surface area contributed by atoms with Gasteiger partial charge in [-0.2, -0.15) is 5.06 Å². The molecule has 6 heteroatoms. The first-order chi connectivity index (χ1) is 13.4. The molecule has 0 radical (unpaired) electrons. The van der Waals surface area contributed by atoms with E-state index in [2.05, 4.69) is 43.7 Å². The Balaban J connectivity index is 1.89. The van der Waals surface area contributed by atoms with Crippen LogP contribution in [0.2, 0.25) is 0 Å². The lowest BCUT2D eigenvalue weighted by atomic mass is 9.74. The number of nitrogens with one attached hydrogen (secondary N) is 1. The molecule has 1 aliphatic rings. The Kier molecular flexibility index (Phi) is 6.32. The molecule has 0 amide bonds. The quantitative estimate of drug-likeness (QED) is 0.381. The van der Waals surface area contributed by atoms with Crippen molar-refractivity contribution in [2.24, 2.45) is 0 Å². The second-order valence-electron chi connectivity index (χ2n) is 7.71. The molecule has 0 unspecified atom stereocenters. The number of aromatic nitrogens is 2. The molecule has 1 aromatic heterocycles. The standard InChI is InChI=1S/C22H31N3O2S/c1-5-21(6-2)13-16(14-22(7-3,8-4)25(21)27)15-28-20-23-18-12-10-9-11-17(18)19(26)24-20/h9-13,27H,5-8,14-15H2,1-4H3,(H,23,24,26). The zero-order valence-electron chi connectivity index (χ0n) is 17.3. The second-order valence-corrected chi connectivity index (χ2v) is 8.67. The SMILES string of the molecule is CCC1(CC)C=C(CSc2nc3ccccc3c(=O)[nH]2)CC(CC)(CC)N1O. The molecule has 0 saturated carbocycles. The zero-order valence-corrected chi connectivity index (χ0v) is 18.1. The molecule has 5 nitrogen and oxygen atoms in total. The highest BCUT2D eigenvalue weighted by Gasteiger charge is 2.47. The van der Waals surface area contributed by atoms with E-state index in [4.69, 9.17) is 0 Å². The molecular weight excluding hydrogens is 370 g/mol. The number of hydroxylamine groups is 2. The van der Waals surface area contributed by atoms with Crippen molar-refractivity contribution in [1.82, 2.24) is 15.0 Å². The summed E-state index contributed by atoms with van der Waals surface area (Å²) < 4.78 is 0. The van der Waals surface area contributed by atoms with Crippen LogP contribution >= 0.6 is 11.8 Å². The van der Waals surface area contributed by atoms with Gasteiger partial charge in [0.1, 0.15) is 0 Å². The summed E-state index contributed by atoms with van der Waals surface area (Å²) in [5, 5.41) is 14.0. The topological polar surface area (TPSA) is 69.2 Å². The van der Waals surface area contributed by atoms with Gasteiger partial charge in [-0.15, -0.1) is 0 Å². The van der Waals surface area contributed by atoms with E-state index in [0.29, 0.717) is 10.5 Å². The van der Waals surface area contributed by atoms with Crippen molar-refractivity contribution in [3.05, 3.63) is 46.3 Å². The first-order valence-electron chi connectivity index (χ1n) is 10.2. The van der Waals surface area contributed by atoms with Crippen molar-refractivity contribution in [2.75, 3.05) is 5.75 Å². The van der Waals surface area contributed by atoms with Gasteiger partial charge in [0.2, 0.25) is 0 Å². The van der Waals surface area contributed by atoms with Gasteiger partial charge >= 0.3 is 0 Å². The summed E-state index contributed by atoms with van der Waals surface area (Å²) in [4.78, 5) is 19.8. The smallest absolute Gasteiger partial charge is 0.259 e. The van der Waals surface area contributed by atoms with Gasteiger partial charge in [0.25, 0.3) is 5.56 Å². The predicted molar refractivity (Wildman–Crippen MR) is 116 cm³/mol. The molecular formula is C22H31N3O2S. The fourth-order valence-electron chi connectivity index (χ4n) is 4.40. The van der Waals surface area contributed by atoms with Crippen LogP contribution < -0.4 is 5.56 Å². The van der Waals surface area contributed by atoms with Crippen LogP contribution in [-0.2, 0) is 0 Å². The van der Waals surface area contributed by atoms with Gasteiger partial charge < -0.3 is 10.2 Å². The normalized spacial score (nSPS) is 19.0. The molecule has 2 heterocycles. The highest BCUT2D eigenvalue weighted by Crippen LogP contribution is 2.44.